The summed E-state index contributed by atoms with van der Waals surface area (Å²) < 4.78 is 27.6. The van der Waals surface area contributed by atoms with Crippen LogP contribution in [0.2, 0.25) is 0 Å². The molecule has 0 aliphatic heterocycles. The third kappa shape index (κ3) is 3.32. The van der Waals surface area contributed by atoms with E-state index in [0.717, 1.165) is 10.4 Å². The van der Waals surface area contributed by atoms with Gasteiger partial charge in [0, 0.05) is 10.3 Å². The normalized spacial score (nSPS) is 11.0. The van der Waals surface area contributed by atoms with Crippen molar-refractivity contribution in [2.24, 2.45) is 0 Å². The summed E-state index contributed by atoms with van der Waals surface area (Å²) in [6, 6.07) is 18.0. The lowest BCUT2D eigenvalue weighted by molar-refractivity contribution is 0.600. The van der Waals surface area contributed by atoms with E-state index in [1.165, 1.54) is 11.3 Å². The number of aryl methyl sites for hydroxylation is 1. The van der Waals surface area contributed by atoms with Crippen molar-refractivity contribution in [1.29, 1.82) is 5.26 Å². The van der Waals surface area contributed by atoms with E-state index in [2.05, 4.69) is 10.8 Å². The standard InChI is InChI=1S/C18H14N2O2S2/c1-13-5-2-3-8-18(13)24(21,22)20-16-10-17(23-12-16)15-7-4-6-14(9-15)11-19/h2-10,12,20H,1H3. The van der Waals surface area contributed by atoms with Crippen LogP contribution in [0, 0.1) is 18.3 Å². The fourth-order valence-corrected chi connectivity index (χ4v) is 4.55. The van der Waals surface area contributed by atoms with Crippen molar-refractivity contribution in [3.63, 3.8) is 0 Å². The number of nitriles is 1. The van der Waals surface area contributed by atoms with Gasteiger partial charge in [-0.3, -0.25) is 4.72 Å². The lowest BCUT2D eigenvalue weighted by atomic mass is 10.1. The van der Waals surface area contributed by atoms with Gasteiger partial charge < -0.3 is 0 Å². The van der Waals surface area contributed by atoms with Gasteiger partial charge in [-0.25, -0.2) is 8.42 Å². The predicted octanol–water partition coefficient (Wildman–Crippen LogP) is 4.40. The van der Waals surface area contributed by atoms with Crippen molar-refractivity contribution < 1.29 is 8.42 Å². The zero-order valence-electron chi connectivity index (χ0n) is 12.9. The number of nitrogens with one attached hydrogen (secondary N) is 1. The lowest BCUT2D eigenvalue weighted by Crippen LogP contribution is -2.13. The first-order valence-electron chi connectivity index (χ1n) is 7.17. The first-order valence-corrected chi connectivity index (χ1v) is 9.53. The molecule has 1 heterocycles. The quantitative estimate of drug-likeness (QED) is 0.755. The Morgan fingerprint density at radius 2 is 1.88 bits per heavy atom. The highest BCUT2D eigenvalue weighted by Crippen LogP contribution is 2.31. The number of benzene rings is 2. The van der Waals surface area contributed by atoms with Crippen LogP contribution in [0.3, 0.4) is 0 Å². The first-order chi connectivity index (χ1) is 11.5. The summed E-state index contributed by atoms with van der Waals surface area (Å²) in [5.74, 6) is 0. The van der Waals surface area contributed by atoms with Crippen LogP contribution in [0.5, 0.6) is 0 Å². The van der Waals surface area contributed by atoms with Crippen LogP contribution < -0.4 is 4.72 Å². The number of sulfonamides is 1. The van der Waals surface area contributed by atoms with Crippen LogP contribution in [0.1, 0.15) is 11.1 Å². The zero-order valence-corrected chi connectivity index (χ0v) is 14.5. The predicted molar refractivity (Wildman–Crippen MR) is 96.5 cm³/mol. The molecular weight excluding hydrogens is 340 g/mol. The largest absolute Gasteiger partial charge is 0.279 e. The van der Waals surface area contributed by atoms with Gasteiger partial charge in [-0.05, 0) is 42.3 Å². The van der Waals surface area contributed by atoms with E-state index in [-0.39, 0.29) is 4.90 Å². The Morgan fingerprint density at radius 3 is 2.62 bits per heavy atom. The molecule has 24 heavy (non-hydrogen) atoms. The van der Waals surface area contributed by atoms with Gasteiger partial charge in [-0.15, -0.1) is 11.3 Å². The van der Waals surface area contributed by atoms with Gasteiger partial charge >= 0.3 is 0 Å². The molecule has 0 bridgehead atoms. The molecule has 120 valence electrons. The highest BCUT2D eigenvalue weighted by molar-refractivity contribution is 7.92. The molecule has 0 radical (unpaired) electrons. The highest BCUT2D eigenvalue weighted by atomic mass is 32.2. The molecule has 0 amide bonds. The minimum absolute atomic E-state index is 0.268. The van der Waals surface area contributed by atoms with Crippen LogP contribution in [0.15, 0.2) is 64.9 Å². The van der Waals surface area contributed by atoms with Crippen LogP contribution in [0.4, 0.5) is 5.69 Å². The summed E-state index contributed by atoms with van der Waals surface area (Å²) in [6.07, 6.45) is 0. The molecule has 2 aromatic carbocycles. The summed E-state index contributed by atoms with van der Waals surface area (Å²) in [7, 11) is -3.62. The molecule has 0 fully saturated rings. The molecule has 0 aliphatic rings. The second-order valence-electron chi connectivity index (χ2n) is 5.26. The fourth-order valence-electron chi connectivity index (χ4n) is 2.35. The fraction of sp³-hybridized carbons (Fsp3) is 0.0556. The Kier molecular flexibility index (Phi) is 4.38. The number of anilines is 1. The minimum atomic E-state index is -3.62. The molecule has 4 nitrogen and oxygen atoms in total. The second kappa shape index (κ2) is 6.48. The van der Waals surface area contributed by atoms with E-state index < -0.39 is 10.0 Å². The maximum Gasteiger partial charge on any atom is 0.262 e. The Hall–Kier alpha value is -2.62. The molecule has 6 heteroatoms. The van der Waals surface area contributed by atoms with Gasteiger partial charge in [0.05, 0.1) is 22.2 Å². The van der Waals surface area contributed by atoms with Crippen LogP contribution in [-0.4, -0.2) is 8.42 Å². The van der Waals surface area contributed by atoms with Crippen molar-refractivity contribution in [2.75, 3.05) is 4.72 Å². The lowest BCUT2D eigenvalue weighted by Gasteiger charge is -2.08. The molecule has 0 aliphatic carbocycles. The van der Waals surface area contributed by atoms with Crippen LogP contribution >= 0.6 is 11.3 Å². The topological polar surface area (TPSA) is 70.0 Å². The summed E-state index contributed by atoms with van der Waals surface area (Å²) in [5.41, 5.74) is 2.67. The third-order valence-electron chi connectivity index (χ3n) is 3.51. The molecule has 0 saturated carbocycles. The molecule has 0 atom stereocenters. The van der Waals surface area contributed by atoms with Crippen LogP contribution in [-0.2, 0) is 10.0 Å². The van der Waals surface area contributed by atoms with Crippen molar-refractivity contribution >= 4 is 27.0 Å². The number of hydrogen-bond acceptors (Lipinski definition) is 4. The first kappa shape index (κ1) is 16.2. The van der Waals surface area contributed by atoms with E-state index >= 15 is 0 Å². The maximum atomic E-state index is 12.5. The van der Waals surface area contributed by atoms with E-state index in [1.807, 2.05) is 12.1 Å². The number of rotatable bonds is 4. The zero-order chi connectivity index (χ0) is 17.2. The monoisotopic (exact) mass is 354 g/mol. The Morgan fingerprint density at radius 1 is 1.08 bits per heavy atom. The second-order valence-corrected chi connectivity index (χ2v) is 7.83. The smallest absolute Gasteiger partial charge is 0.262 e. The van der Waals surface area contributed by atoms with Crippen LogP contribution in [0.25, 0.3) is 10.4 Å². The van der Waals surface area contributed by atoms with Crippen molar-refractivity contribution in [2.45, 2.75) is 11.8 Å². The molecule has 0 saturated heterocycles. The van der Waals surface area contributed by atoms with Gasteiger partial charge in [0.2, 0.25) is 0 Å². The van der Waals surface area contributed by atoms with Crippen molar-refractivity contribution in [3.05, 3.63) is 71.1 Å². The summed E-state index contributed by atoms with van der Waals surface area (Å²) in [5, 5.41) is 10.7. The molecule has 0 spiro atoms. The number of hydrogen-bond donors (Lipinski definition) is 1. The van der Waals surface area contributed by atoms with Gasteiger partial charge in [-0.2, -0.15) is 5.26 Å². The van der Waals surface area contributed by atoms with Gasteiger partial charge in [0.1, 0.15) is 0 Å². The third-order valence-corrected chi connectivity index (χ3v) is 6.03. The molecule has 3 rings (SSSR count). The Bertz CT molecular complexity index is 1030. The van der Waals surface area contributed by atoms with Gasteiger partial charge in [0.25, 0.3) is 10.0 Å². The highest BCUT2D eigenvalue weighted by Gasteiger charge is 2.17. The summed E-state index contributed by atoms with van der Waals surface area (Å²) in [4.78, 5) is 1.17. The van der Waals surface area contributed by atoms with Crippen molar-refractivity contribution in [3.8, 4) is 16.5 Å². The Balaban J connectivity index is 1.89. The summed E-state index contributed by atoms with van der Waals surface area (Å²) >= 11 is 1.43. The molecule has 1 N–H and O–H groups in total. The van der Waals surface area contributed by atoms with E-state index in [9.17, 15) is 8.42 Å². The van der Waals surface area contributed by atoms with E-state index in [4.69, 9.17) is 5.26 Å². The van der Waals surface area contributed by atoms with Gasteiger partial charge in [0.15, 0.2) is 0 Å². The van der Waals surface area contributed by atoms with E-state index in [0.29, 0.717) is 16.8 Å². The molecular formula is C18H14N2O2S2. The minimum Gasteiger partial charge on any atom is -0.279 e. The number of thiophene rings is 1. The SMILES string of the molecule is Cc1ccccc1S(=O)(=O)Nc1csc(-c2cccc(C#N)c2)c1. The molecule has 0 unspecified atom stereocenters. The Labute approximate surface area is 145 Å². The average Bonchev–Trinajstić information content (AvgIpc) is 3.03. The maximum absolute atomic E-state index is 12.5. The summed E-state index contributed by atoms with van der Waals surface area (Å²) in [6.45, 7) is 1.76. The average molecular weight is 354 g/mol. The molecule has 3 aromatic rings. The number of nitrogens with zero attached hydrogens (tertiary/aromatic N) is 1. The van der Waals surface area contributed by atoms with E-state index in [1.54, 1.807) is 54.8 Å². The molecule has 1 aromatic heterocycles. The van der Waals surface area contributed by atoms with Gasteiger partial charge in [-0.1, -0.05) is 30.3 Å². The van der Waals surface area contributed by atoms with Crippen molar-refractivity contribution in [1.82, 2.24) is 0 Å².